The highest BCUT2D eigenvalue weighted by Gasteiger charge is 2.28. The summed E-state index contributed by atoms with van der Waals surface area (Å²) in [6, 6.07) is 14.3. The minimum Gasteiger partial charge on any atom is -0.0588 e. The van der Waals surface area contributed by atoms with Gasteiger partial charge >= 0.3 is 0 Å². The van der Waals surface area contributed by atoms with E-state index in [0.717, 1.165) is 12.8 Å². The van der Waals surface area contributed by atoms with Gasteiger partial charge in [-0.1, -0.05) is 119 Å². The summed E-state index contributed by atoms with van der Waals surface area (Å²) >= 11 is 0. The van der Waals surface area contributed by atoms with E-state index in [2.05, 4.69) is 119 Å². The fraction of sp³-hybridized carbons (Fsp3) is 0.613. The first kappa shape index (κ1) is 25.7. The lowest BCUT2D eigenvalue weighted by molar-refractivity contribution is 0.535. The molecule has 0 unspecified atom stereocenters. The number of hydrogen-bond donors (Lipinski definition) is 0. The minimum atomic E-state index is 0.144. The molecule has 0 N–H and O–H groups in total. The molecule has 0 aromatic heterocycles. The van der Waals surface area contributed by atoms with Gasteiger partial charge in [-0.2, -0.15) is 0 Å². The molecule has 0 saturated carbocycles. The van der Waals surface area contributed by atoms with Crippen LogP contribution >= 0.6 is 0 Å². The molecule has 0 heterocycles. The van der Waals surface area contributed by atoms with Gasteiger partial charge in [-0.05, 0) is 74.3 Å². The standard InChI is InChI=1S/C31H48/c1-28(2,3)23-18-16-22(17-19-23)14-13-15-25-26(30(7,8)9)20-24(29(4,5)6)21-27(25)31(10,11)12/h16-21H,13-15H2,1-12H3. The van der Waals surface area contributed by atoms with Crippen molar-refractivity contribution >= 4 is 0 Å². The fourth-order valence-electron chi connectivity index (χ4n) is 4.35. The van der Waals surface area contributed by atoms with Crippen LogP contribution < -0.4 is 0 Å². The monoisotopic (exact) mass is 420 g/mol. The molecule has 2 rings (SSSR count). The highest BCUT2D eigenvalue weighted by molar-refractivity contribution is 5.47. The molecule has 0 spiro atoms. The van der Waals surface area contributed by atoms with Crippen LogP contribution in [0.15, 0.2) is 36.4 Å². The fourth-order valence-corrected chi connectivity index (χ4v) is 4.35. The molecule has 2 aromatic rings. The zero-order chi connectivity index (χ0) is 23.8. The van der Waals surface area contributed by atoms with Gasteiger partial charge in [0.05, 0.1) is 0 Å². The van der Waals surface area contributed by atoms with Crippen LogP contribution in [0, 0.1) is 0 Å². The van der Waals surface area contributed by atoms with E-state index in [-0.39, 0.29) is 21.7 Å². The molecular formula is C31H48. The van der Waals surface area contributed by atoms with Crippen LogP contribution in [0.1, 0.15) is 123 Å². The molecule has 0 aliphatic heterocycles. The third kappa shape index (κ3) is 6.71. The molecule has 31 heavy (non-hydrogen) atoms. The highest BCUT2D eigenvalue weighted by atomic mass is 14.3. The molecule has 0 nitrogen and oxygen atoms in total. The van der Waals surface area contributed by atoms with Crippen molar-refractivity contribution in [2.75, 3.05) is 0 Å². The Hall–Kier alpha value is -1.56. The predicted molar refractivity (Wildman–Crippen MR) is 140 cm³/mol. The van der Waals surface area contributed by atoms with E-state index in [1.54, 1.807) is 5.56 Å². The van der Waals surface area contributed by atoms with Crippen molar-refractivity contribution < 1.29 is 0 Å². The second kappa shape index (κ2) is 8.76. The van der Waals surface area contributed by atoms with Crippen LogP contribution in [0.4, 0.5) is 0 Å². The molecule has 0 atom stereocenters. The van der Waals surface area contributed by atoms with Gasteiger partial charge in [-0.15, -0.1) is 0 Å². The van der Waals surface area contributed by atoms with E-state index in [1.165, 1.54) is 34.2 Å². The lowest BCUT2D eigenvalue weighted by atomic mass is 9.71. The Morgan fingerprint density at radius 3 is 1.26 bits per heavy atom. The second-order valence-electron chi connectivity index (χ2n) is 13.6. The molecular weight excluding hydrogens is 372 g/mol. The predicted octanol–water partition coefficient (Wildman–Crippen LogP) is 9.05. The maximum Gasteiger partial charge on any atom is -0.0129 e. The van der Waals surface area contributed by atoms with Gasteiger partial charge in [0.15, 0.2) is 0 Å². The van der Waals surface area contributed by atoms with Crippen molar-refractivity contribution in [1.29, 1.82) is 0 Å². The van der Waals surface area contributed by atoms with E-state index < -0.39 is 0 Å². The van der Waals surface area contributed by atoms with Crippen molar-refractivity contribution in [3.8, 4) is 0 Å². The van der Waals surface area contributed by atoms with Crippen LogP contribution in [-0.4, -0.2) is 0 Å². The molecule has 0 fully saturated rings. The van der Waals surface area contributed by atoms with E-state index in [9.17, 15) is 0 Å². The average molecular weight is 421 g/mol. The SMILES string of the molecule is CC(C)(C)c1ccc(CCCc2c(C(C)(C)C)cc(C(C)(C)C)cc2C(C)(C)C)cc1. The zero-order valence-corrected chi connectivity index (χ0v) is 22.6. The van der Waals surface area contributed by atoms with Crippen LogP contribution in [-0.2, 0) is 34.5 Å². The number of benzene rings is 2. The Balaban J connectivity index is 2.38. The largest absolute Gasteiger partial charge is 0.0588 e. The van der Waals surface area contributed by atoms with Crippen LogP contribution in [0.5, 0.6) is 0 Å². The molecule has 0 saturated heterocycles. The van der Waals surface area contributed by atoms with Gasteiger partial charge in [0, 0.05) is 0 Å². The number of aryl methyl sites for hydroxylation is 1. The Morgan fingerprint density at radius 1 is 0.484 bits per heavy atom. The van der Waals surface area contributed by atoms with Gasteiger partial charge in [-0.3, -0.25) is 0 Å². The first-order valence-corrected chi connectivity index (χ1v) is 12.2. The molecule has 0 heteroatoms. The van der Waals surface area contributed by atoms with E-state index in [0.29, 0.717) is 0 Å². The van der Waals surface area contributed by atoms with Crippen molar-refractivity contribution in [2.24, 2.45) is 0 Å². The summed E-state index contributed by atoms with van der Waals surface area (Å²) in [6.45, 7) is 28.1. The van der Waals surface area contributed by atoms with E-state index in [4.69, 9.17) is 0 Å². The quantitative estimate of drug-likeness (QED) is 0.462. The summed E-state index contributed by atoms with van der Waals surface area (Å²) in [5.41, 5.74) is 9.65. The highest BCUT2D eigenvalue weighted by Crippen LogP contribution is 2.39. The molecule has 0 bridgehead atoms. The minimum absolute atomic E-state index is 0.144. The molecule has 172 valence electrons. The van der Waals surface area contributed by atoms with Crippen LogP contribution in [0.25, 0.3) is 0 Å². The van der Waals surface area contributed by atoms with Gasteiger partial charge < -0.3 is 0 Å². The lowest BCUT2D eigenvalue weighted by Gasteiger charge is -2.34. The summed E-state index contributed by atoms with van der Waals surface area (Å²) in [7, 11) is 0. The van der Waals surface area contributed by atoms with Gasteiger partial charge in [0.1, 0.15) is 0 Å². The lowest BCUT2D eigenvalue weighted by Crippen LogP contribution is -2.24. The maximum absolute atomic E-state index is 2.50. The Morgan fingerprint density at radius 2 is 0.903 bits per heavy atom. The summed E-state index contributed by atoms with van der Waals surface area (Å²) in [4.78, 5) is 0. The van der Waals surface area contributed by atoms with E-state index in [1.807, 2.05) is 0 Å². The second-order valence-corrected chi connectivity index (χ2v) is 13.6. The third-order valence-corrected chi connectivity index (χ3v) is 6.44. The molecule has 2 aromatic carbocycles. The van der Waals surface area contributed by atoms with Gasteiger partial charge in [-0.25, -0.2) is 0 Å². The van der Waals surface area contributed by atoms with Gasteiger partial charge in [0.25, 0.3) is 0 Å². The normalized spacial score (nSPS) is 13.5. The van der Waals surface area contributed by atoms with Crippen LogP contribution in [0.3, 0.4) is 0 Å². The summed E-state index contributed by atoms with van der Waals surface area (Å²) in [5, 5.41) is 0. The van der Waals surface area contributed by atoms with Crippen molar-refractivity contribution in [2.45, 2.75) is 124 Å². The summed E-state index contributed by atoms with van der Waals surface area (Å²) in [6.07, 6.45) is 3.47. The summed E-state index contributed by atoms with van der Waals surface area (Å²) < 4.78 is 0. The van der Waals surface area contributed by atoms with Crippen molar-refractivity contribution in [1.82, 2.24) is 0 Å². The number of rotatable bonds is 4. The topological polar surface area (TPSA) is 0 Å². The Bertz CT molecular complexity index is 831. The summed E-state index contributed by atoms with van der Waals surface area (Å²) in [5.74, 6) is 0. The van der Waals surface area contributed by atoms with Crippen molar-refractivity contribution in [3.05, 3.63) is 69.8 Å². The van der Waals surface area contributed by atoms with Crippen LogP contribution in [0.2, 0.25) is 0 Å². The molecule has 0 amide bonds. The van der Waals surface area contributed by atoms with E-state index >= 15 is 0 Å². The smallest absolute Gasteiger partial charge is 0.0129 e. The molecule has 0 aliphatic rings. The average Bonchev–Trinajstić information content (AvgIpc) is 2.58. The first-order valence-electron chi connectivity index (χ1n) is 12.2. The maximum atomic E-state index is 2.50. The van der Waals surface area contributed by atoms with Crippen molar-refractivity contribution in [3.63, 3.8) is 0 Å². The Kier molecular flexibility index (Phi) is 7.26. The zero-order valence-electron chi connectivity index (χ0n) is 22.6. The molecule has 0 radical (unpaired) electrons. The third-order valence-electron chi connectivity index (χ3n) is 6.44. The first-order chi connectivity index (χ1) is 13.9. The Labute approximate surface area is 193 Å². The molecule has 0 aliphatic carbocycles. The van der Waals surface area contributed by atoms with Gasteiger partial charge in [0.2, 0.25) is 0 Å². The number of hydrogen-bond acceptors (Lipinski definition) is 0.